The first-order chi connectivity index (χ1) is 12.5. The first-order valence-corrected chi connectivity index (χ1v) is 9.61. The minimum absolute atomic E-state index is 0.106. The average Bonchev–Trinajstić information content (AvgIpc) is 3.28. The van der Waals surface area contributed by atoms with Gasteiger partial charge in [-0.15, -0.1) is 0 Å². The molecule has 142 valence electrons. The van der Waals surface area contributed by atoms with E-state index in [1.807, 2.05) is 12.1 Å². The van der Waals surface area contributed by atoms with Gasteiger partial charge in [-0.25, -0.2) is 0 Å². The molecule has 1 aromatic rings. The second-order valence-electron chi connectivity index (χ2n) is 7.54. The molecule has 1 N–H and O–H groups in total. The van der Waals surface area contributed by atoms with Gasteiger partial charge in [0.25, 0.3) is 0 Å². The smallest absolute Gasteiger partial charge is 0.308 e. The normalized spacial score (nSPS) is 24.8. The van der Waals surface area contributed by atoms with Crippen molar-refractivity contribution in [2.75, 3.05) is 26.8 Å². The summed E-state index contributed by atoms with van der Waals surface area (Å²) in [6.07, 6.45) is 4.55. The Morgan fingerprint density at radius 1 is 1.23 bits per heavy atom. The average molecular weight is 380 g/mol. The molecule has 0 spiro atoms. The van der Waals surface area contributed by atoms with Crippen LogP contribution in [0, 0.1) is 11.3 Å². The molecule has 1 saturated carbocycles. The maximum absolute atomic E-state index is 13.3. The highest BCUT2D eigenvalue weighted by Crippen LogP contribution is 2.45. The third-order valence-electron chi connectivity index (χ3n) is 6.02. The third kappa shape index (κ3) is 3.74. The molecule has 0 radical (unpaired) electrons. The summed E-state index contributed by atoms with van der Waals surface area (Å²) in [5.41, 5.74) is 0.544. The van der Waals surface area contributed by atoms with Crippen molar-refractivity contribution < 1.29 is 19.4 Å². The molecule has 1 amide bonds. The molecule has 3 rings (SSSR count). The predicted molar refractivity (Wildman–Crippen MR) is 99.3 cm³/mol. The molecule has 1 aliphatic heterocycles. The highest BCUT2D eigenvalue weighted by molar-refractivity contribution is 6.30. The molecule has 1 heterocycles. The zero-order chi connectivity index (χ0) is 18.7. The second-order valence-corrected chi connectivity index (χ2v) is 7.98. The van der Waals surface area contributed by atoms with Gasteiger partial charge >= 0.3 is 5.97 Å². The summed E-state index contributed by atoms with van der Waals surface area (Å²) in [7, 11) is 1.65. The highest BCUT2D eigenvalue weighted by Gasteiger charge is 2.48. The lowest BCUT2D eigenvalue weighted by Crippen LogP contribution is -2.42. The quantitative estimate of drug-likeness (QED) is 0.820. The molecule has 0 bridgehead atoms. The van der Waals surface area contributed by atoms with Crippen LogP contribution in [-0.4, -0.2) is 48.7 Å². The maximum atomic E-state index is 13.3. The van der Waals surface area contributed by atoms with Crippen LogP contribution in [0.5, 0.6) is 0 Å². The number of hydrogen-bond donors (Lipinski definition) is 1. The van der Waals surface area contributed by atoms with Crippen molar-refractivity contribution in [3.63, 3.8) is 0 Å². The lowest BCUT2D eigenvalue weighted by molar-refractivity contribution is -0.144. The number of carbonyl (C=O) groups excluding carboxylic acids is 1. The Bertz CT molecular complexity index is 654. The number of carboxylic acids is 1. The first-order valence-electron chi connectivity index (χ1n) is 9.23. The molecule has 2 atom stereocenters. The fourth-order valence-electron chi connectivity index (χ4n) is 4.52. The van der Waals surface area contributed by atoms with Gasteiger partial charge < -0.3 is 14.7 Å². The van der Waals surface area contributed by atoms with Crippen LogP contribution in [0.2, 0.25) is 5.02 Å². The lowest BCUT2D eigenvalue weighted by atomic mass is 9.81. The number of likely N-dealkylation sites (tertiary alicyclic amines) is 1. The summed E-state index contributed by atoms with van der Waals surface area (Å²) in [6.45, 7) is 1.28. The van der Waals surface area contributed by atoms with Gasteiger partial charge in [0, 0.05) is 37.7 Å². The van der Waals surface area contributed by atoms with Crippen molar-refractivity contribution in [1.82, 2.24) is 4.90 Å². The van der Waals surface area contributed by atoms with Crippen molar-refractivity contribution in [2.45, 2.75) is 38.0 Å². The van der Waals surface area contributed by atoms with Crippen molar-refractivity contribution in [3.05, 3.63) is 34.9 Å². The predicted octanol–water partition coefficient (Wildman–Crippen LogP) is 3.56. The monoisotopic (exact) mass is 379 g/mol. The summed E-state index contributed by atoms with van der Waals surface area (Å²) in [5, 5.41) is 10.3. The third-order valence-corrected chi connectivity index (χ3v) is 6.27. The van der Waals surface area contributed by atoms with Crippen LogP contribution in [0.15, 0.2) is 24.3 Å². The number of benzene rings is 1. The number of methoxy groups -OCH3 is 1. The van der Waals surface area contributed by atoms with E-state index in [-0.39, 0.29) is 23.8 Å². The van der Waals surface area contributed by atoms with E-state index in [4.69, 9.17) is 16.3 Å². The minimum Gasteiger partial charge on any atom is -0.481 e. The molecule has 1 aromatic carbocycles. The van der Waals surface area contributed by atoms with E-state index in [1.165, 1.54) is 0 Å². The Balaban J connectivity index is 1.81. The molecular formula is C20H26ClNO4. The highest BCUT2D eigenvalue weighted by atomic mass is 35.5. The van der Waals surface area contributed by atoms with Gasteiger partial charge in [-0.05, 0) is 37.0 Å². The number of ether oxygens (including phenoxy) is 1. The standard InChI is InChI=1S/C20H26ClNO4/c1-26-11-10-20(8-2-3-9-20)19(25)22-12-16(17(13-22)18(23)24)14-4-6-15(21)7-5-14/h4-7,16-17H,2-3,8-13H2,1H3,(H,23,24)/t16-,17+/m0/s1. The van der Waals surface area contributed by atoms with Crippen LogP contribution in [0.1, 0.15) is 43.6 Å². The molecule has 2 aliphatic rings. The number of carboxylic acid groups (broad SMARTS) is 1. The number of halogens is 1. The number of nitrogens with zero attached hydrogens (tertiary/aromatic N) is 1. The van der Waals surface area contributed by atoms with Gasteiger partial charge in [-0.3, -0.25) is 9.59 Å². The number of hydrogen-bond acceptors (Lipinski definition) is 3. The van der Waals surface area contributed by atoms with E-state index in [9.17, 15) is 14.7 Å². The van der Waals surface area contributed by atoms with E-state index in [1.54, 1.807) is 24.1 Å². The van der Waals surface area contributed by atoms with Crippen molar-refractivity contribution in [1.29, 1.82) is 0 Å². The molecule has 6 heteroatoms. The Labute approximate surface area is 159 Å². The number of rotatable bonds is 6. The van der Waals surface area contributed by atoms with Gasteiger partial charge in [0.1, 0.15) is 0 Å². The summed E-state index contributed by atoms with van der Waals surface area (Å²) in [4.78, 5) is 26.9. The van der Waals surface area contributed by atoms with Gasteiger partial charge in [-0.1, -0.05) is 36.6 Å². The molecule has 1 aliphatic carbocycles. The fourth-order valence-corrected chi connectivity index (χ4v) is 4.65. The van der Waals surface area contributed by atoms with Gasteiger partial charge in [0.2, 0.25) is 5.91 Å². The van der Waals surface area contributed by atoms with Gasteiger partial charge in [-0.2, -0.15) is 0 Å². The van der Waals surface area contributed by atoms with Crippen LogP contribution < -0.4 is 0 Å². The molecular weight excluding hydrogens is 354 g/mol. The van der Waals surface area contributed by atoms with Gasteiger partial charge in [0.15, 0.2) is 0 Å². The largest absolute Gasteiger partial charge is 0.481 e. The zero-order valence-corrected chi connectivity index (χ0v) is 15.9. The molecule has 2 fully saturated rings. The molecule has 26 heavy (non-hydrogen) atoms. The van der Waals surface area contributed by atoms with Crippen LogP contribution in [0.4, 0.5) is 0 Å². The molecule has 5 nitrogen and oxygen atoms in total. The number of aliphatic carboxylic acids is 1. The van der Waals surface area contributed by atoms with E-state index in [2.05, 4.69) is 0 Å². The molecule has 0 aromatic heterocycles. The first kappa shape index (κ1) is 19.2. The number of carbonyl (C=O) groups is 2. The Hall–Kier alpha value is -1.59. The number of amides is 1. The summed E-state index contributed by atoms with van der Waals surface area (Å²) in [6, 6.07) is 7.29. The maximum Gasteiger partial charge on any atom is 0.308 e. The van der Waals surface area contributed by atoms with E-state index in [0.29, 0.717) is 24.6 Å². The van der Waals surface area contributed by atoms with Crippen LogP contribution in [0.25, 0.3) is 0 Å². The SMILES string of the molecule is COCCC1(C(=O)N2C[C@@H](C(=O)O)[C@H](c3ccc(Cl)cc3)C2)CCCC1. The Morgan fingerprint density at radius 2 is 1.88 bits per heavy atom. The Kier molecular flexibility index (Phi) is 5.88. The zero-order valence-electron chi connectivity index (χ0n) is 15.1. The van der Waals surface area contributed by atoms with E-state index in [0.717, 1.165) is 31.2 Å². The van der Waals surface area contributed by atoms with Crippen molar-refractivity contribution in [3.8, 4) is 0 Å². The van der Waals surface area contributed by atoms with E-state index < -0.39 is 11.9 Å². The van der Waals surface area contributed by atoms with Crippen molar-refractivity contribution in [2.24, 2.45) is 11.3 Å². The van der Waals surface area contributed by atoms with Crippen LogP contribution in [0.3, 0.4) is 0 Å². The fraction of sp³-hybridized carbons (Fsp3) is 0.600. The summed E-state index contributed by atoms with van der Waals surface area (Å²) >= 11 is 5.96. The topological polar surface area (TPSA) is 66.8 Å². The van der Waals surface area contributed by atoms with Crippen LogP contribution in [-0.2, 0) is 14.3 Å². The minimum atomic E-state index is -0.849. The van der Waals surface area contributed by atoms with Crippen molar-refractivity contribution >= 4 is 23.5 Å². The molecule has 1 saturated heterocycles. The Morgan fingerprint density at radius 3 is 2.46 bits per heavy atom. The summed E-state index contributed by atoms with van der Waals surface area (Å²) in [5.74, 6) is -1.53. The lowest BCUT2D eigenvalue weighted by Gasteiger charge is -2.32. The van der Waals surface area contributed by atoms with E-state index >= 15 is 0 Å². The van der Waals surface area contributed by atoms with Gasteiger partial charge in [0.05, 0.1) is 11.3 Å². The van der Waals surface area contributed by atoms with Crippen LogP contribution >= 0.6 is 11.6 Å². The summed E-state index contributed by atoms with van der Waals surface area (Å²) < 4.78 is 5.23. The second kappa shape index (κ2) is 7.97. The molecule has 0 unspecified atom stereocenters.